The minimum absolute atomic E-state index is 0.378. The van der Waals surface area contributed by atoms with Crippen molar-refractivity contribution in [2.75, 3.05) is 26.1 Å². The van der Waals surface area contributed by atoms with Gasteiger partial charge in [-0.25, -0.2) is 0 Å². The van der Waals surface area contributed by atoms with E-state index in [0.29, 0.717) is 18.9 Å². The monoisotopic (exact) mass is 261 g/mol. The predicted molar refractivity (Wildman–Crippen MR) is 73.9 cm³/mol. The Labute approximate surface area is 113 Å². The van der Waals surface area contributed by atoms with E-state index in [1.807, 2.05) is 12.1 Å². The average molecular weight is 261 g/mol. The van der Waals surface area contributed by atoms with Crippen molar-refractivity contribution in [3.05, 3.63) is 29.8 Å². The molecule has 0 unspecified atom stereocenters. The quantitative estimate of drug-likeness (QED) is 0.831. The second-order valence-electron chi connectivity index (χ2n) is 4.97. The molecule has 0 amide bonds. The molecular weight excluding hydrogens is 242 g/mol. The van der Waals surface area contributed by atoms with Crippen LogP contribution >= 0.6 is 0 Å². The molecule has 0 bridgehead atoms. The molecule has 2 N–H and O–H groups in total. The van der Waals surface area contributed by atoms with Crippen molar-refractivity contribution in [3.8, 4) is 5.75 Å². The van der Waals surface area contributed by atoms with Gasteiger partial charge in [-0.05, 0) is 18.1 Å². The molecule has 1 aromatic rings. The Hall–Kier alpha value is -1.52. The second-order valence-corrected chi connectivity index (χ2v) is 4.97. The van der Waals surface area contributed by atoms with Crippen LogP contribution in [0, 0.1) is 0 Å². The Morgan fingerprint density at radius 2 is 2.05 bits per heavy atom. The van der Waals surface area contributed by atoms with Crippen LogP contribution in [-0.2, 0) is 9.47 Å². The van der Waals surface area contributed by atoms with E-state index >= 15 is 0 Å². The molecule has 1 heterocycles. The third kappa shape index (κ3) is 2.22. The number of nitrogen functional groups attached to an aromatic ring is 1. The SMILES string of the molecule is COc1c(N)cccc1C1=CCC2(CC1)OCCO2. The molecule has 102 valence electrons. The van der Waals surface area contributed by atoms with E-state index in [9.17, 15) is 0 Å². The van der Waals surface area contributed by atoms with Gasteiger partial charge in [0, 0.05) is 18.4 Å². The molecule has 1 saturated heterocycles. The van der Waals surface area contributed by atoms with E-state index in [1.54, 1.807) is 7.11 Å². The first-order valence-corrected chi connectivity index (χ1v) is 6.64. The lowest BCUT2D eigenvalue weighted by molar-refractivity contribution is -0.159. The second kappa shape index (κ2) is 4.87. The zero-order valence-electron chi connectivity index (χ0n) is 11.1. The van der Waals surface area contributed by atoms with Crippen molar-refractivity contribution in [1.82, 2.24) is 0 Å². The van der Waals surface area contributed by atoms with Gasteiger partial charge < -0.3 is 19.9 Å². The molecule has 1 aliphatic heterocycles. The largest absolute Gasteiger partial charge is 0.494 e. The number of ether oxygens (including phenoxy) is 3. The Morgan fingerprint density at radius 1 is 1.26 bits per heavy atom. The predicted octanol–water partition coefficient (Wildman–Crippen LogP) is 2.59. The van der Waals surface area contributed by atoms with Crippen molar-refractivity contribution in [2.24, 2.45) is 0 Å². The number of nitrogens with two attached hydrogens (primary N) is 1. The average Bonchev–Trinajstić information content (AvgIpc) is 2.88. The van der Waals surface area contributed by atoms with Crippen LogP contribution in [0.25, 0.3) is 5.57 Å². The molecule has 1 spiro atoms. The van der Waals surface area contributed by atoms with Crippen LogP contribution in [0.4, 0.5) is 5.69 Å². The summed E-state index contributed by atoms with van der Waals surface area (Å²) in [5, 5.41) is 0. The Morgan fingerprint density at radius 3 is 2.68 bits per heavy atom. The van der Waals surface area contributed by atoms with Crippen molar-refractivity contribution in [3.63, 3.8) is 0 Å². The number of benzene rings is 1. The summed E-state index contributed by atoms with van der Waals surface area (Å²) in [6.45, 7) is 1.40. The normalized spacial score (nSPS) is 21.4. The zero-order chi connectivity index (χ0) is 13.3. The highest BCUT2D eigenvalue weighted by atomic mass is 16.7. The summed E-state index contributed by atoms with van der Waals surface area (Å²) in [4.78, 5) is 0. The van der Waals surface area contributed by atoms with Crippen LogP contribution in [0.15, 0.2) is 24.3 Å². The van der Waals surface area contributed by atoms with Crippen LogP contribution in [-0.4, -0.2) is 26.1 Å². The summed E-state index contributed by atoms with van der Waals surface area (Å²) in [6.07, 6.45) is 4.78. The van der Waals surface area contributed by atoms with Gasteiger partial charge >= 0.3 is 0 Å². The van der Waals surface area contributed by atoms with Gasteiger partial charge in [-0.15, -0.1) is 0 Å². The summed E-state index contributed by atoms with van der Waals surface area (Å²) in [5.74, 6) is 0.384. The first-order valence-electron chi connectivity index (χ1n) is 6.64. The standard InChI is InChI=1S/C15H19NO3/c1-17-14-12(3-2-4-13(14)16)11-5-7-15(8-6-11)18-9-10-19-15/h2-5H,6-10,16H2,1H3. The van der Waals surface area contributed by atoms with Gasteiger partial charge in [0.25, 0.3) is 0 Å². The van der Waals surface area contributed by atoms with E-state index < -0.39 is 0 Å². The molecule has 0 atom stereocenters. The van der Waals surface area contributed by atoms with Crippen LogP contribution in [0.5, 0.6) is 5.75 Å². The van der Waals surface area contributed by atoms with Crippen LogP contribution in [0.2, 0.25) is 0 Å². The van der Waals surface area contributed by atoms with Crippen molar-refractivity contribution in [1.29, 1.82) is 0 Å². The maximum Gasteiger partial charge on any atom is 0.172 e. The molecule has 0 aromatic heterocycles. The number of anilines is 1. The summed E-state index contributed by atoms with van der Waals surface area (Å²) in [6, 6.07) is 5.87. The van der Waals surface area contributed by atoms with Gasteiger partial charge in [0.05, 0.1) is 26.0 Å². The van der Waals surface area contributed by atoms with Gasteiger partial charge in [0.15, 0.2) is 5.79 Å². The van der Waals surface area contributed by atoms with Gasteiger partial charge in [-0.1, -0.05) is 18.2 Å². The first kappa shape index (κ1) is 12.5. The number of hydrogen-bond acceptors (Lipinski definition) is 4. The summed E-state index contributed by atoms with van der Waals surface area (Å²) in [5.41, 5.74) is 8.97. The third-order valence-corrected chi connectivity index (χ3v) is 3.84. The maximum absolute atomic E-state index is 5.95. The van der Waals surface area contributed by atoms with Crippen LogP contribution in [0.3, 0.4) is 0 Å². The van der Waals surface area contributed by atoms with Gasteiger partial charge in [0.2, 0.25) is 0 Å². The van der Waals surface area contributed by atoms with Crippen LogP contribution in [0.1, 0.15) is 24.8 Å². The van der Waals surface area contributed by atoms with Crippen molar-refractivity contribution < 1.29 is 14.2 Å². The summed E-state index contributed by atoms with van der Waals surface area (Å²) in [7, 11) is 1.66. The fourth-order valence-corrected chi connectivity index (χ4v) is 2.85. The van der Waals surface area contributed by atoms with E-state index in [2.05, 4.69) is 12.1 Å². The van der Waals surface area contributed by atoms with Gasteiger partial charge in [-0.2, -0.15) is 0 Å². The topological polar surface area (TPSA) is 53.7 Å². The van der Waals surface area contributed by atoms with Gasteiger partial charge in [-0.3, -0.25) is 0 Å². The minimum atomic E-state index is -0.378. The number of methoxy groups -OCH3 is 1. The zero-order valence-corrected chi connectivity index (χ0v) is 11.1. The molecule has 0 radical (unpaired) electrons. The molecule has 1 aromatic carbocycles. The van der Waals surface area contributed by atoms with E-state index in [0.717, 1.165) is 30.6 Å². The van der Waals surface area contributed by atoms with E-state index in [1.165, 1.54) is 5.57 Å². The molecule has 1 aliphatic carbocycles. The molecule has 2 aliphatic rings. The number of hydrogen-bond donors (Lipinski definition) is 1. The number of rotatable bonds is 2. The highest BCUT2D eigenvalue weighted by Crippen LogP contribution is 2.41. The number of allylic oxidation sites excluding steroid dienone is 1. The Kier molecular flexibility index (Phi) is 3.21. The molecule has 4 heteroatoms. The van der Waals surface area contributed by atoms with Gasteiger partial charge in [0.1, 0.15) is 5.75 Å². The number of para-hydroxylation sites is 1. The lowest BCUT2D eigenvalue weighted by Crippen LogP contribution is -2.31. The lowest BCUT2D eigenvalue weighted by Gasteiger charge is -2.31. The summed E-state index contributed by atoms with van der Waals surface area (Å²) >= 11 is 0. The summed E-state index contributed by atoms with van der Waals surface area (Å²) < 4.78 is 16.9. The highest BCUT2D eigenvalue weighted by Gasteiger charge is 2.38. The molecule has 3 rings (SSSR count). The van der Waals surface area contributed by atoms with E-state index in [4.69, 9.17) is 19.9 Å². The molecular formula is C15H19NO3. The lowest BCUT2D eigenvalue weighted by atomic mass is 9.89. The molecule has 19 heavy (non-hydrogen) atoms. The highest BCUT2D eigenvalue weighted by molar-refractivity contribution is 5.76. The molecule has 0 saturated carbocycles. The fourth-order valence-electron chi connectivity index (χ4n) is 2.85. The van der Waals surface area contributed by atoms with E-state index in [-0.39, 0.29) is 5.79 Å². The molecule has 4 nitrogen and oxygen atoms in total. The third-order valence-electron chi connectivity index (χ3n) is 3.84. The Balaban J connectivity index is 1.88. The van der Waals surface area contributed by atoms with Crippen LogP contribution < -0.4 is 10.5 Å². The fraction of sp³-hybridized carbons (Fsp3) is 0.467. The van der Waals surface area contributed by atoms with Crippen molar-refractivity contribution in [2.45, 2.75) is 25.0 Å². The molecule has 1 fully saturated rings. The Bertz CT molecular complexity index is 504. The van der Waals surface area contributed by atoms with Crippen molar-refractivity contribution >= 4 is 11.3 Å². The maximum atomic E-state index is 5.95. The first-order chi connectivity index (χ1) is 9.24. The minimum Gasteiger partial charge on any atom is -0.494 e. The smallest absolute Gasteiger partial charge is 0.172 e.